The lowest BCUT2D eigenvalue weighted by Gasteiger charge is -2.14. The second kappa shape index (κ2) is 7.86. The van der Waals surface area contributed by atoms with Crippen molar-refractivity contribution < 1.29 is 18.7 Å². The molecule has 28 heavy (non-hydrogen) atoms. The van der Waals surface area contributed by atoms with Crippen LogP contribution in [0, 0.1) is 6.92 Å². The molecule has 2 heterocycles. The van der Waals surface area contributed by atoms with Crippen LogP contribution in [-0.4, -0.2) is 25.2 Å². The Morgan fingerprint density at radius 2 is 2.07 bits per heavy atom. The summed E-state index contributed by atoms with van der Waals surface area (Å²) in [6.07, 6.45) is 2.08. The van der Waals surface area contributed by atoms with Crippen molar-refractivity contribution in [1.82, 2.24) is 0 Å². The summed E-state index contributed by atoms with van der Waals surface area (Å²) in [5.41, 5.74) is 1.83. The van der Waals surface area contributed by atoms with Gasteiger partial charge in [-0.25, -0.2) is 4.79 Å². The van der Waals surface area contributed by atoms with E-state index in [1.54, 1.807) is 30.3 Å². The van der Waals surface area contributed by atoms with Gasteiger partial charge >= 0.3 is 5.63 Å². The van der Waals surface area contributed by atoms with E-state index in [9.17, 15) is 9.59 Å². The number of fused-ring (bicyclic) bond motifs is 1. The fourth-order valence-electron chi connectivity index (χ4n) is 3.34. The van der Waals surface area contributed by atoms with Gasteiger partial charge in [-0.2, -0.15) is 0 Å². The normalized spacial score (nSPS) is 16.2. The molecule has 6 heteroatoms. The van der Waals surface area contributed by atoms with Gasteiger partial charge in [0.05, 0.1) is 11.7 Å². The highest BCUT2D eigenvalue weighted by molar-refractivity contribution is 6.06. The van der Waals surface area contributed by atoms with Gasteiger partial charge < -0.3 is 19.2 Å². The minimum absolute atomic E-state index is 0.0720. The summed E-state index contributed by atoms with van der Waals surface area (Å²) in [6, 6.07) is 13.8. The van der Waals surface area contributed by atoms with Crippen molar-refractivity contribution in [2.45, 2.75) is 25.9 Å². The average molecular weight is 379 g/mol. The van der Waals surface area contributed by atoms with Crippen LogP contribution in [0.15, 0.2) is 57.7 Å². The predicted molar refractivity (Wildman–Crippen MR) is 106 cm³/mol. The van der Waals surface area contributed by atoms with Crippen LogP contribution >= 0.6 is 0 Å². The van der Waals surface area contributed by atoms with Crippen molar-refractivity contribution in [3.8, 4) is 5.75 Å². The van der Waals surface area contributed by atoms with Crippen molar-refractivity contribution in [1.29, 1.82) is 0 Å². The van der Waals surface area contributed by atoms with E-state index >= 15 is 0 Å². The molecule has 1 N–H and O–H groups in total. The van der Waals surface area contributed by atoms with E-state index in [0.717, 1.165) is 30.4 Å². The standard InChI is InChI=1S/C22H21NO5/c1-14-11-21(24)28-20-12-15(8-9-17(14)20)23-22(25)18-6-2-3-7-19(18)27-13-16-5-4-10-26-16/h2-3,6-9,11-12,16H,4-5,10,13H2,1H3,(H,23,25). The van der Waals surface area contributed by atoms with Crippen molar-refractivity contribution in [2.24, 2.45) is 0 Å². The van der Waals surface area contributed by atoms with E-state index in [1.807, 2.05) is 19.1 Å². The van der Waals surface area contributed by atoms with E-state index < -0.39 is 5.63 Å². The molecule has 0 aliphatic carbocycles. The summed E-state index contributed by atoms with van der Waals surface area (Å²) in [6.45, 7) is 3.03. The van der Waals surface area contributed by atoms with Gasteiger partial charge in [0.15, 0.2) is 0 Å². The van der Waals surface area contributed by atoms with Crippen LogP contribution in [-0.2, 0) is 4.74 Å². The number of para-hydroxylation sites is 1. The Morgan fingerprint density at radius 1 is 1.21 bits per heavy atom. The molecule has 0 spiro atoms. The minimum Gasteiger partial charge on any atom is -0.490 e. The first-order valence-electron chi connectivity index (χ1n) is 9.29. The third-order valence-electron chi connectivity index (χ3n) is 4.79. The Morgan fingerprint density at radius 3 is 2.89 bits per heavy atom. The summed E-state index contributed by atoms with van der Waals surface area (Å²) in [5, 5.41) is 3.68. The van der Waals surface area contributed by atoms with Gasteiger partial charge in [0.1, 0.15) is 17.9 Å². The summed E-state index contributed by atoms with van der Waals surface area (Å²) >= 11 is 0. The number of aryl methyl sites for hydroxylation is 1. The van der Waals surface area contributed by atoms with Crippen molar-refractivity contribution >= 4 is 22.6 Å². The zero-order valence-electron chi connectivity index (χ0n) is 15.6. The van der Waals surface area contributed by atoms with Crippen LogP contribution in [0.2, 0.25) is 0 Å². The SMILES string of the molecule is Cc1cc(=O)oc2cc(NC(=O)c3ccccc3OCC3CCCO3)ccc12. The Bertz CT molecular complexity index is 1070. The van der Waals surface area contributed by atoms with Crippen molar-refractivity contribution in [2.75, 3.05) is 18.5 Å². The van der Waals surface area contributed by atoms with Crippen LogP contribution in [0.1, 0.15) is 28.8 Å². The number of amides is 1. The number of hydrogen-bond acceptors (Lipinski definition) is 5. The number of carbonyl (C=O) groups excluding carboxylic acids is 1. The molecular weight excluding hydrogens is 358 g/mol. The highest BCUT2D eigenvalue weighted by Crippen LogP contribution is 2.24. The molecule has 1 unspecified atom stereocenters. The molecule has 1 saturated heterocycles. The molecule has 1 fully saturated rings. The fourth-order valence-corrected chi connectivity index (χ4v) is 3.34. The first-order valence-corrected chi connectivity index (χ1v) is 9.29. The first-order chi connectivity index (χ1) is 13.6. The fraction of sp³-hybridized carbons (Fsp3) is 0.273. The second-order valence-corrected chi connectivity index (χ2v) is 6.86. The van der Waals surface area contributed by atoms with Crippen molar-refractivity contribution in [3.63, 3.8) is 0 Å². The zero-order valence-corrected chi connectivity index (χ0v) is 15.6. The molecule has 2 aromatic carbocycles. The lowest BCUT2D eigenvalue weighted by Crippen LogP contribution is -2.19. The highest BCUT2D eigenvalue weighted by atomic mass is 16.5. The third kappa shape index (κ3) is 3.92. The molecule has 0 bridgehead atoms. The Kier molecular flexibility index (Phi) is 5.12. The number of rotatable bonds is 5. The average Bonchev–Trinajstić information content (AvgIpc) is 3.20. The first kappa shape index (κ1) is 18.3. The third-order valence-corrected chi connectivity index (χ3v) is 4.79. The van der Waals surface area contributed by atoms with Crippen LogP contribution in [0.4, 0.5) is 5.69 Å². The van der Waals surface area contributed by atoms with Crippen LogP contribution < -0.4 is 15.7 Å². The van der Waals surface area contributed by atoms with Gasteiger partial charge in [0.2, 0.25) is 0 Å². The summed E-state index contributed by atoms with van der Waals surface area (Å²) in [7, 11) is 0. The molecular formula is C22H21NO5. The predicted octanol–water partition coefficient (Wildman–Crippen LogP) is 3.91. The molecule has 1 atom stereocenters. The molecule has 6 nitrogen and oxygen atoms in total. The van der Waals surface area contributed by atoms with Crippen LogP contribution in [0.25, 0.3) is 11.0 Å². The lowest BCUT2D eigenvalue weighted by molar-refractivity contribution is 0.0673. The maximum absolute atomic E-state index is 12.8. The monoisotopic (exact) mass is 379 g/mol. The van der Waals surface area contributed by atoms with Gasteiger partial charge in [-0.15, -0.1) is 0 Å². The number of hydrogen-bond donors (Lipinski definition) is 1. The van der Waals surface area contributed by atoms with E-state index in [4.69, 9.17) is 13.9 Å². The molecule has 1 aromatic heterocycles. The van der Waals surface area contributed by atoms with Gasteiger partial charge in [0.25, 0.3) is 5.91 Å². The topological polar surface area (TPSA) is 77.8 Å². The van der Waals surface area contributed by atoms with Crippen molar-refractivity contribution in [3.05, 3.63) is 70.1 Å². The number of anilines is 1. The maximum Gasteiger partial charge on any atom is 0.336 e. The van der Waals surface area contributed by atoms with E-state index in [1.165, 1.54) is 6.07 Å². The van der Waals surface area contributed by atoms with Gasteiger partial charge in [-0.05, 0) is 49.6 Å². The molecule has 0 radical (unpaired) electrons. The minimum atomic E-state index is -0.415. The summed E-state index contributed by atoms with van der Waals surface area (Å²) < 4.78 is 16.6. The smallest absolute Gasteiger partial charge is 0.336 e. The van der Waals surface area contributed by atoms with E-state index in [-0.39, 0.29) is 12.0 Å². The number of nitrogens with one attached hydrogen (secondary N) is 1. The van der Waals surface area contributed by atoms with Gasteiger partial charge in [-0.1, -0.05) is 12.1 Å². The molecule has 1 aliphatic heterocycles. The molecule has 1 aliphatic rings. The number of ether oxygens (including phenoxy) is 2. The Balaban J connectivity index is 1.53. The Hall–Kier alpha value is -3.12. The molecule has 4 rings (SSSR count). The number of carbonyl (C=O) groups is 1. The molecule has 0 saturated carbocycles. The van der Waals surface area contributed by atoms with E-state index in [2.05, 4.69) is 5.32 Å². The summed E-state index contributed by atoms with van der Waals surface area (Å²) in [4.78, 5) is 24.4. The second-order valence-electron chi connectivity index (χ2n) is 6.86. The lowest BCUT2D eigenvalue weighted by atomic mass is 10.1. The zero-order chi connectivity index (χ0) is 19.5. The number of benzene rings is 2. The highest BCUT2D eigenvalue weighted by Gasteiger charge is 2.18. The Labute approximate surface area is 162 Å². The van der Waals surface area contributed by atoms with E-state index in [0.29, 0.717) is 29.2 Å². The van der Waals surface area contributed by atoms with Gasteiger partial charge in [0, 0.05) is 29.8 Å². The van der Waals surface area contributed by atoms with Crippen LogP contribution in [0.5, 0.6) is 5.75 Å². The summed E-state index contributed by atoms with van der Waals surface area (Å²) in [5.74, 6) is 0.218. The van der Waals surface area contributed by atoms with Crippen LogP contribution in [0.3, 0.4) is 0 Å². The molecule has 1 amide bonds. The molecule has 144 valence electrons. The van der Waals surface area contributed by atoms with Gasteiger partial charge in [-0.3, -0.25) is 4.79 Å². The largest absolute Gasteiger partial charge is 0.490 e. The molecule has 3 aromatic rings. The maximum atomic E-state index is 12.8. The quantitative estimate of drug-likeness (QED) is 0.680.